The molecule has 0 saturated carbocycles. The van der Waals surface area contributed by atoms with Gasteiger partial charge in [0.05, 0.1) is 17.8 Å². The van der Waals surface area contributed by atoms with E-state index in [4.69, 9.17) is 4.74 Å². The molecule has 5 heteroatoms. The van der Waals surface area contributed by atoms with Gasteiger partial charge in [-0.3, -0.25) is 0 Å². The summed E-state index contributed by atoms with van der Waals surface area (Å²) in [5.41, 5.74) is 2.85. The number of carbonyl (C=O) groups is 1. The Morgan fingerprint density at radius 1 is 1.09 bits per heavy atom. The first-order valence-electron chi connectivity index (χ1n) is 7.73. The Kier molecular flexibility index (Phi) is 4.90. The Morgan fingerprint density at radius 3 is 2.61 bits per heavy atom. The minimum absolute atomic E-state index is 0.00474. The fraction of sp³-hybridized carbons (Fsp3) is 0.278. The summed E-state index contributed by atoms with van der Waals surface area (Å²) >= 11 is 0. The summed E-state index contributed by atoms with van der Waals surface area (Å²) in [4.78, 5) is 12.3. The van der Waals surface area contributed by atoms with Crippen LogP contribution in [0.4, 0.5) is 10.5 Å². The maximum atomic E-state index is 12.3. The molecule has 23 heavy (non-hydrogen) atoms. The number of nitrogens with one attached hydrogen (secondary N) is 3. The topological polar surface area (TPSA) is 62.4 Å². The molecule has 120 valence electrons. The van der Waals surface area contributed by atoms with Gasteiger partial charge in [-0.05, 0) is 11.6 Å². The second kappa shape index (κ2) is 7.26. The van der Waals surface area contributed by atoms with Crippen LogP contribution in [0, 0.1) is 0 Å². The van der Waals surface area contributed by atoms with E-state index in [2.05, 4.69) is 16.0 Å². The Hall–Kier alpha value is -2.37. The molecular formula is C18H21N3O2. The van der Waals surface area contributed by atoms with Gasteiger partial charge in [-0.1, -0.05) is 48.5 Å². The molecule has 0 unspecified atom stereocenters. The number of anilines is 1. The molecule has 0 bridgehead atoms. The Bertz CT molecular complexity index is 660. The fourth-order valence-corrected chi connectivity index (χ4v) is 2.83. The summed E-state index contributed by atoms with van der Waals surface area (Å²) in [6.45, 7) is 1.47. The number of amides is 2. The number of methoxy groups -OCH3 is 1. The third-order valence-electron chi connectivity index (χ3n) is 4.04. The highest BCUT2D eigenvalue weighted by Crippen LogP contribution is 2.27. The smallest absolute Gasteiger partial charge is 0.319 e. The number of hydrogen-bond donors (Lipinski definition) is 3. The molecule has 3 N–H and O–H groups in total. The summed E-state index contributed by atoms with van der Waals surface area (Å²) in [6, 6.07) is 17.5. The minimum atomic E-state index is -0.218. The van der Waals surface area contributed by atoms with E-state index in [1.165, 1.54) is 0 Å². The second-order valence-electron chi connectivity index (χ2n) is 5.55. The molecule has 1 fully saturated rings. The van der Waals surface area contributed by atoms with Crippen molar-refractivity contribution in [1.82, 2.24) is 10.6 Å². The predicted molar refractivity (Wildman–Crippen MR) is 91.5 cm³/mol. The van der Waals surface area contributed by atoms with Crippen molar-refractivity contribution in [1.29, 1.82) is 0 Å². The predicted octanol–water partition coefficient (Wildman–Crippen LogP) is 2.46. The van der Waals surface area contributed by atoms with E-state index in [9.17, 15) is 4.79 Å². The monoisotopic (exact) mass is 311 g/mol. The van der Waals surface area contributed by atoms with Crippen LogP contribution in [0.5, 0.6) is 0 Å². The van der Waals surface area contributed by atoms with Crippen molar-refractivity contribution in [3.63, 3.8) is 0 Å². The van der Waals surface area contributed by atoms with Crippen molar-refractivity contribution >= 4 is 11.7 Å². The van der Waals surface area contributed by atoms with Crippen LogP contribution in [-0.4, -0.2) is 38.4 Å². The highest BCUT2D eigenvalue weighted by molar-refractivity contribution is 5.94. The molecule has 2 aromatic rings. The lowest BCUT2D eigenvalue weighted by Crippen LogP contribution is -2.45. The molecule has 0 spiro atoms. The molecule has 1 saturated heterocycles. The van der Waals surface area contributed by atoms with E-state index in [1.807, 2.05) is 54.6 Å². The number of rotatable bonds is 4. The summed E-state index contributed by atoms with van der Waals surface area (Å²) < 4.78 is 5.36. The zero-order valence-electron chi connectivity index (χ0n) is 13.1. The number of benzene rings is 2. The van der Waals surface area contributed by atoms with Gasteiger partial charge in [-0.25, -0.2) is 4.79 Å². The average molecular weight is 311 g/mol. The lowest BCUT2D eigenvalue weighted by atomic mass is 10.0. The molecule has 0 radical (unpaired) electrons. The highest BCUT2D eigenvalue weighted by atomic mass is 16.5. The lowest BCUT2D eigenvalue weighted by molar-refractivity contribution is 0.0991. The van der Waals surface area contributed by atoms with Gasteiger partial charge < -0.3 is 20.7 Å². The Labute approximate surface area is 136 Å². The molecule has 5 nitrogen and oxygen atoms in total. The third-order valence-corrected chi connectivity index (χ3v) is 4.04. The van der Waals surface area contributed by atoms with Crippen molar-refractivity contribution in [3.05, 3.63) is 54.6 Å². The molecule has 1 aliphatic rings. The normalized spacial score (nSPS) is 20.2. The number of urea groups is 1. The third kappa shape index (κ3) is 3.70. The molecule has 0 aliphatic carbocycles. The largest absolute Gasteiger partial charge is 0.378 e. The first-order valence-corrected chi connectivity index (χ1v) is 7.73. The second-order valence-corrected chi connectivity index (χ2v) is 5.55. The van der Waals surface area contributed by atoms with E-state index in [0.717, 1.165) is 23.4 Å². The van der Waals surface area contributed by atoms with E-state index in [1.54, 1.807) is 7.11 Å². The van der Waals surface area contributed by atoms with Gasteiger partial charge >= 0.3 is 6.03 Å². The summed E-state index contributed by atoms with van der Waals surface area (Å²) in [6.07, 6.45) is 0.00474. The maximum absolute atomic E-state index is 12.3. The van der Waals surface area contributed by atoms with Crippen LogP contribution >= 0.6 is 0 Å². The Balaban J connectivity index is 1.72. The summed E-state index contributed by atoms with van der Waals surface area (Å²) in [7, 11) is 1.66. The maximum Gasteiger partial charge on any atom is 0.319 e. The van der Waals surface area contributed by atoms with Crippen LogP contribution in [0.25, 0.3) is 11.1 Å². The molecule has 1 aliphatic heterocycles. The molecule has 0 aromatic heterocycles. The molecule has 1 heterocycles. The number of hydrogen-bond acceptors (Lipinski definition) is 3. The highest BCUT2D eigenvalue weighted by Gasteiger charge is 2.28. The zero-order valence-corrected chi connectivity index (χ0v) is 13.1. The summed E-state index contributed by atoms with van der Waals surface area (Å²) in [5.74, 6) is 0. The number of para-hydroxylation sites is 1. The molecular weight excluding hydrogens is 290 g/mol. The van der Waals surface area contributed by atoms with E-state index in [-0.39, 0.29) is 18.2 Å². The fourth-order valence-electron chi connectivity index (χ4n) is 2.83. The van der Waals surface area contributed by atoms with Crippen LogP contribution < -0.4 is 16.0 Å². The SMILES string of the molecule is CO[C@H]1CNC[C@@H]1NC(=O)Nc1ccccc1-c1ccccc1. The van der Waals surface area contributed by atoms with Crippen LogP contribution in [-0.2, 0) is 4.74 Å². The van der Waals surface area contributed by atoms with Crippen molar-refractivity contribution in [2.24, 2.45) is 0 Å². The van der Waals surface area contributed by atoms with Crippen molar-refractivity contribution in [2.45, 2.75) is 12.1 Å². The molecule has 2 aromatic carbocycles. The standard InChI is InChI=1S/C18H21N3O2/c1-23-17-12-19-11-16(17)21-18(22)20-15-10-6-5-9-14(15)13-7-3-2-4-8-13/h2-10,16-17,19H,11-12H2,1H3,(H2,20,21,22)/t16-,17-/m0/s1. The minimum Gasteiger partial charge on any atom is -0.378 e. The van der Waals surface area contributed by atoms with Gasteiger partial charge in [-0.2, -0.15) is 0 Å². The van der Waals surface area contributed by atoms with Gasteiger partial charge in [0.1, 0.15) is 0 Å². The Morgan fingerprint density at radius 2 is 1.83 bits per heavy atom. The zero-order chi connectivity index (χ0) is 16.1. The first kappa shape index (κ1) is 15.5. The molecule has 2 atom stereocenters. The first-order chi connectivity index (χ1) is 11.3. The van der Waals surface area contributed by atoms with Crippen LogP contribution in [0.15, 0.2) is 54.6 Å². The van der Waals surface area contributed by atoms with Gasteiger partial charge in [0, 0.05) is 25.8 Å². The van der Waals surface area contributed by atoms with Crippen LogP contribution in [0.1, 0.15) is 0 Å². The van der Waals surface area contributed by atoms with E-state index >= 15 is 0 Å². The summed E-state index contributed by atoms with van der Waals surface area (Å²) in [5, 5.41) is 9.13. The van der Waals surface area contributed by atoms with Gasteiger partial charge in [0.2, 0.25) is 0 Å². The lowest BCUT2D eigenvalue weighted by Gasteiger charge is -2.19. The quantitative estimate of drug-likeness (QED) is 0.813. The van der Waals surface area contributed by atoms with Crippen LogP contribution in [0.3, 0.4) is 0 Å². The van der Waals surface area contributed by atoms with Crippen molar-refractivity contribution in [2.75, 3.05) is 25.5 Å². The van der Waals surface area contributed by atoms with Crippen molar-refractivity contribution in [3.8, 4) is 11.1 Å². The molecule has 2 amide bonds. The van der Waals surface area contributed by atoms with E-state index < -0.39 is 0 Å². The van der Waals surface area contributed by atoms with Gasteiger partial charge in [-0.15, -0.1) is 0 Å². The number of carbonyl (C=O) groups excluding carboxylic acids is 1. The van der Waals surface area contributed by atoms with Gasteiger partial charge in [0.25, 0.3) is 0 Å². The van der Waals surface area contributed by atoms with Crippen molar-refractivity contribution < 1.29 is 9.53 Å². The van der Waals surface area contributed by atoms with E-state index in [0.29, 0.717) is 6.54 Å². The molecule has 3 rings (SSSR count). The average Bonchev–Trinajstić information content (AvgIpc) is 3.03. The number of ether oxygens (including phenoxy) is 1. The van der Waals surface area contributed by atoms with Crippen LogP contribution in [0.2, 0.25) is 0 Å². The van der Waals surface area contributed by atoms with Gasteiger partial charge in [0.15, 0.2) is 0 Å².